The molecule has 1 aromatic rings. The van der Waals surface area contributed by atoms with E-state index in [2.05, 4.69) is 11.8 Å². The zero-order valence-corrected chi connectivity index (χ0v) is 9.62. The third-order valence-corrected chi connectivity index (χ3v) is 3.18. The van der Waals surface area contributed by atoms with Crippen LogP contribution in [0.4, 0.5) is 4.39 Å². The molecule has 0 bridgehead atoms. The Morgan fingerprint density at radius 2 is 2.31 bits per heavy atom. The van der Waals surface area contributed by atoms with E-state index in [1.54, 1.807) is 0 Å². The summed E-state index contributed by atoms with van der Waals surface area (Å²) < 4.78 is 13.0. The summed E-state index contributed by atoms with van der Waals surface area (Å²) in [5.41, 5.74) is 0.689. The molecule has 2 nitrogen and oxygen atoms in total. The van der Waals surface area contributed by atoms with Crippen molar-refractivity contribution in [2.75, 3.05) is 13.1 Å². The average Bonchev–Trinajstić information content (AvgIpc) is 2.24. The Hall–Kier alpha value is -1.09. The molecule has 1 saturated heterocycles. The number of nitrogens with zero attached hydrogens (tertiary/aromatic N) is 1. The van der Waals surface area contributed by atoms with Gasteiger partial charge in [-0.15, -0.1) is 0 Å². The number of rotatable bonds is 2. The number of likely N-dealkylation sites (tertiary alicyclic amines) is 1. The number of aromatic hydroxyl groups is 1. The van der Waals surface area contributed by atoms with E-state index >= 15 is 0 Å². The van der Waals surface area contributed by atoms with E-state index in [0.29, 0.717) is 18.0 Å². The minimum Gasteiger partial charge on any atom is -0.508 e. The van der Waals surface area contributed by atoms with Crippen molar-refractivity contribution < 1.29 is 9.50 Å². The fourth-order valence-electron chi connectivity index (χ4n) is 2.35. The van der Waals surface area contributed by atoms with E-state index in [4.69, 9.17) is 0 Å². The lowest BCUT2D eigenvalue weighted by Gasteiger charge is -2.30. The maximum atomic E-state index is 13.0. The van der Waals surface area contributed by atoms with Gasteiger partial charge in [0.25, 0.3) is 0 Å². The van der Waals surface area contributed by atoms with Gasteiger partial charge < -0.3 is 5.11 Å². The van der Waals surface area contributed by atoms with Gasteiger partial charge in [-0.05, 0) is 43.5 Å². The molecule has 1 aromatic carbocycles. The molecule has 1 heterocycles. The van der Waals surface area contributed by atoms with E-state index in [1.165, 1.54) is 31.0 Å². The van der Waals surface area contributed by atoms with Gasteiger partial charge >= 0.3 is 0 Å². The summed E-state index contributed by atoms with van der Waals surface area (Å²) in [5.74, 6) is 0.613. The van der Waals surface area contributed by atoms with Crippen LogP contribution in [-0.4, -0.2) is 23.1 Å². The molecule has 0 spiro atoms. The van der Waals surface area contributed by atoms with Gasteiger partial charge in [0.15, 0.2) is 0 Å². The summed E-state index contributed by atoms with van der Waals surface area (Å²) in [6.07, 6.45) is 2.46. The van der Waals surface area contributed by atoms with Gasteiger partial charge in [0.1, 0.15) is 11.6 Å². The van der Waals surface area contributed by atoms with Gasteiger partial charge in [-0.3, -0.25) is 4.90 Å². The summed E-state index contributed by atoms with van der Waals surface area (Å²) in [6.45, 7) is 4.96. The van der Waals surface area contributed by atoms with Gasteiger partial charge in [0.2, 0.25) is 0 Å². The smallest absolute Gasteiger partial charge is 0.123 e. The average molecular weight is 223 g/mol. The fraction of sp³-hybridized carbons (Fsp3) is 0.538. The number of piperidine rings is 1. The second-order valence-electron chi connectivity index (χ2n) is 4.76. The molecule has 0 aromatic heterocycles. The molecule has 1 unspecified atom stereocenters. The molecular formula is C13H18FNO. The van der Waals surface area contributed by atoms with Crippen LogP contribution in [0.2, 0.25) is 0 Å². The first-order valence-electron chi connectivity index (χ1n) is 5.85. The zero-order valence-electron chi connectivity index (χ0n) is 9.62. The van der Waals surface area contributed by atoms with Crippen LogP contribution in [0.25, 0.3) is 0 Å². The highest BCUT2D eigenvalue weighted by atomic mass is 19.1. The zero-order chi connectivity index (χ0) is 11.5. The summed E-state index contributed by atoms with van der Waals surface area (Å²) >= 11 is 0. The molecule has 16 heavy (non-hydrogen) atoms. The first kappa shape index (κ1) is 11.4. The van der Waals surface area contributed by atoms with Crippen LogP contribution < -0.4 is 0 Å². The van der Waals surface area contributed by atoms with Crippen molar-refractivity contribution in [3.8, 4) is 5.75 Å². The number of hydrogen-bond donors (Lipinski definition) is 1. The van der Waals surface area contributed by atoms with Crippen LogP contribution in [0.1, 0.15) is 25.3 Å². The third-order valence-electron chi connectivity index (χ3n) is 3.18. The molecule has 1 aliphatic heterocycles. The number of halogens is 1. The van der Waals surface area contributed by atoms with Crippen LogP contribution >= 0.6 is 0 Å². The minimum atomic E-state index is -0.280. The van der Waals surface area contributed by atoms with E-state index in [1.807, 2.05) is 0 Å². The van der Waals surface area contributed by atoms with Crippen molar-refractivity contribution in [1.29, 1.82) is 0 Å². The summed E-state index contributed by atoms with van der Waals surface area (Å²) in [6, 6.07) is 4.14. The minimum absolute atomic E-state index is 0.194. The predicted octanol–water partition coefficient (Wildman–Crippen LogP) is 2.76. The van der Waals surface area contributed by atoms with Crippen LogP contribution in [0.3, 0.4) is 0 Å². The van der Waals surface area contributed by atoms with Crippen molar-refractivity contribution >= 4 is 0 Å². The maximum Gasteiger partial charge on any atom is 0.123 e. The molecule has 0 saturated carbocycles. The van der Waals surface area contributed by atoms with Gasteiger partial charge in [-0.25, -0.2) is 4.39 Å². The Morgan fingerprint density at radius 3 is 3.06 bits per heavy atom. The van der Waals surface area contributed by atoms with Crippen molar-refractivity contribution in [3.63, 3.8) is 0 Å². The monoisotopic (exact) mass is 223 g/mol. The largest absolute Gasteiger partial charge is 0.508 e. The Kier molecular flexibility index (Phi) is 3.44. The topological polar surface area (TPSA) is 23.5 Å². The summed E-state index contributed by atoms with van der Waals surface area (Å²) in [4.78, 5) is 2.28. The first-order chi connectivity index (χ1) is 7.65. The molecule has 3 heteroatoms. The lowest BCUT2D eigenvalue weighted by molar-refractivity contribution is 0.175. The van der Waals surface area contributed by atoms with Crippen LogP contribution in [0.15, 0.2) is 18.2 Å². The predicted molar refractivity (Wildman–Crippen MR) is 61.7 cm³/mol. The lowest BCUT2D eigenvalue weighted by atomic mass is 10.00. The number of benzene rings is 1. The highest BCUT2D eigenvalue weighted by Gasteiger charge is 2.17. The quantitative estimate of drug-likeness (QED) is 0.833. The highest BCUT2D eigenvalue weighted by molar-refractivity contribution is 5.32. The van der Waals surface area contributed by atoms with Gasteiger partial charge in [-0.1, -0.05) is 6.92 Å². The van der Waals surface area contributed by atoms with E-state index < -0.39 is 0 Å². The number of hydrogen-bond acceptors (Lipinski definition) is 2. The summed E-state index contributed by atoms with van der Waals surface area (Å²) in [7, 11) is 0. The fourth-order valence-corrected chi connectivity index (χ4v) is 2.35. The lowest BCUT2D eigenvalue weighted by Crippen LogP contribution is -2.33. The van der Waals surface area contributed by atoms with Crippen molar-refractivity contribution in [1.82, 2.24) is 4.90 Å². The van der Waals surface area contributed by atoms with E-state index in [9.17, 15) is 9.50 Å². The Balaban J connectivity index is 2.05. The second kappa shape index (κ2) is 4.83. The summed E-state index contributed by atoms with van der Waals surface area (Å²) in [5, 5.41) is 9.64. The highest BCUT2D eigenvalue weighted by Crippen LogP contribution is 2.23. The number of phenolic OH excluding ortho intramolecular Hbond substituents is 1. The standard InChI is InChI=1S/C13H18FNO/c1-10-3-2-6-15(8-10)9-11-7-12(14)4-5-13(11)16/h4-5,7,10,16H,2-3,6,8-9H2,1H3. The van der Waals surface area contributed by atoms with Crippen molar-refractivity contribution in [2.45, 2.75) is 26.3 Å². The van der Waals surface area contributed by atoms with Crippen LogP contribution in [0, 0.1) is 11.7 Å². The van der Waals surface area contributed by atoms with E-state index in [-0.39, 0.29) is 11.6 Å². The molecule has 88 valence electrons. The SMILES string of the molecule is CC1CCCN(Cc2cc(F)ccc2O)C1. The first-order valence-corrected chi connectivity index (χ1v) is 5.85. The molecule has 1 N–H and O–H groups in total. The van der Waals surface area contributed by atoms with Crippen LogP contribution in [-0.2, 0) is 6.54 Å². The van der Waals surface area contributed by atoms with Crippen molar-refractivity contribution in [3.05, 3.63) is 29.6 Å². The molecule has 2 rings (SSSR count). The Bertz CT molecular complexity index is 367. The van der Waals surface area contributed by atoms with Gasteiger partial charge in [0.05, 0.1) is 0 Å². The number of phenols is 1. The molecule has 0 aliphatic carbocycles. The second-order valence-corrected chi connectivity index (χ2v) is 4.76. The van der Waals surface area contributed by atoms with E-state index in [0.717, 1.165) is 13.1 Å². The molecule has 1 fully saturated rings. The molecule has 0 amide bonds. The maximum absolute atomic E-state index is 13.0. The van der Waals surface area contributed by atoms with Gasteiger partial charge in [-0.2, -0.15) is 0 Å². The normalized spacial score (nSPS) is 22.2. The van der Waals surface area contributed by atoms with Crippen molar-refractivity contribution in [2.24, 2.45) is 5.92 Å². The van der Waals surface area contributed by atoms with Crippen LogP contribution in [0.5, 0.6) is 5.75 Å². The third kappa shape index (κ3) is 2.73. The molecular weight excluding hydrogens is 205 g/mol. The Morgan fingerprint density at radius 1 is 1.50 bits per heavy atom. The molecule has 0 radical (unpaired) electrons. The Labute approximate surface area is 95.7 Å². The van der Waals surface area contributed by atoms with Gasteiger partial charge in [0, 0.05) is 18.7 Å². The molecule has 1 aliphatic rings. The molecule has 1 atom stereocenters.